The summed E-state index contributed by atoms with van der Waals surface area (Å²) >= 11 is 1.59. The molecule has 3 rings (SSSR count). The van der Waals surface area contributed by atoms with E-state index in [1.54, 1.807) is 30.1 Å². The first-order valence-electron chi connectivity index (χ1n) is 7.91. The average Bonchev–Trinajstić information content (AvgIpc) is 3.10. The molecule has 8 heteroatoms. The van der Waals surface area contributed by atoms with Crippen LogP contribution in [-0.2, 0) is 0 Å². The van der Waals surface area contributed by atoms with Gasteiger partial charge in [-0.25, -0.2) is 4.98 Å². The number of hydrogen-bond donors (Lipinski definition) is 1. The predicted molar refractivity (Wildman–Crippen MR) is 93.4 cm³/mol. The Labute approximate surface area is 148 Å². The number of rotatable bonds is 5. The summed E-state index contributed by atoms with van der Waals surface area (Å²) in [5, 5.41) is 14.5. The second kappa shape index (κ2) is 7.60. The minimum atomic E-state index is -0.943. The van der Waals surface area contributed by atoms with Gasteiger partial charge in [0.05, 0.1) is 10.5 Å². The van der Waals surface area contributed by atoms with Crippen LogP contribution in [0.4, 0.5) is 15.8 Å². The van der Waals surface area contributed by atoms with Gasteiger partial charge in [0, 0.05) is 23.2 Å². The smallest absolute Gasteiger partial charge is 0.306 e. The van der Waals surface area contributed by atoms with Crippen LogP contribution in [0.2, 0.25) is 0 Å². The van der Waals surface area contributed by atoms with Crippen molar-refractivity contribution in [2.45, 2.75) is 36.0 Å². The van der Waals surface area contributed by atoms with Crippen LogP contribution in [0.5, 0.6) is 0 Å². The molecule has 25 heavy (non-hydrogen) atoms. The van der Waals surface area contributed by atoms with E-state index in [1.807, 2.05) is 0 Å². The molecule has 0 atom stereocenters. The number of thioether (sulfide) groups is 1. The van der Waals surface area contributed by atoms with E-state index in [4.69, 9.17) is 0 Å². The summed E-state index contributed by atoms with van der Waals surface area (Å²) in [6.07, 6.45) is 6.21. The van der Waals surface area contributed by atoms with Crippen molar-refractivity contribution in [3.63, 3.8) is 0 Å². The summed E-state index contributed by atoms with van der Waals surface area (Å²) in [6, 6.07) is 6.59. The molecule has 2 aromatic rings. The van der Waals surface area contributed by atoms with E-state index in [1.165, 1.54) is 18.9 Å². The maximum absolute atomic E-state index is 13.4. The Kier molecular flexibility index (Phi) is 5.28. The van der Waals surface area contributed by atoms with Crippen molar-refractivity contribution in [1.29, 1.82) is 0 Å². The van der Waals surface area contributed by atoms with Crippen molar-refractivity contribution in [3.05, 3.63) is 58.0 Å². The number of carbonyl (C=O) groups is 1. The molecule has 6 nitrogen and oxygen atoms in total. The standard InChI is InChI=1S/C17H16FN3O3S/c18-14-8-7-11(10-15(14)21(23)24)20-16(22)13-6-3-9-19-17(13)25-12-4-1-2-5-12/h3,6-10,12H,1-2,4-5H2,(H,20,22). The van der Waals surface area contributed by atoms with Gasteiger partial charge in [-0.05, 0) is 37.1 Å². The van der Waals surface area contributed by atoms with Crippen LogP contribution >= 0.6 is 11.8 Å². The first-order chi connectivity index (χ1) is 12.0. The first-order valence-corrected chi connectivity index (χ1v) is 8.79. The van der Waals surface area contributed by atoms with Crippen LogP contribution in [0.25, 0.3) is 0 Å². The molecule has 1 saturated carbocycles. The highest BCUT2D eigenvalue weighted by Gasteiger charge is 2.21. The fraction of sp³-hybridized carbons (Fsp3) is 0.294. The van der Waals surface area contributed by atoms with E-state index < -0.39 is 22.3 Å². The van der Waals surface area contributed by atoms with Crippen LogP contribution in [0, 0.1) is 15.9 Å². The lowest BCUT2D eigenvalue weighted by atomic mass is 10.2. The molecule has 1 amide bonds. The molecule has 1 aliphatic rings. The SMILES string of the molecule is O=C(Nc1ccc(F)c([N+](=O)[O-])c1)c1cccnc1SC1CCCC1. The first kappa shape index (κ1) is 17.3. The zero-order valence-corrected chi connectivity index (χ0v) is 14.1. The molecular formula is C17H16FN3O3S. The van der Waals surface area contributed by atoms with Gasteiger partial charge in [-0.1, -0.05) is 12.8 Å². The Morgan fingerprint density at radius 1 is 1.32 bits per heavy atom. The topological polar surface area (TPSA) is 85.1 Å². The van der Waals surface area contributed by atoms with E-state index in [9.17, 15) is 19.3 Å². The highest BCUT2D eigenvalue weighted by Crippen LogP contribution is 2.35. The minimum Gasteiger partial charge on any atom is -0.322 e. The number of anilines is 1. The number of nitrogens with one attached hydrogen (secondary N) is 1. The summed E-state index contributed by atoms with van der Waals surface area (Å²) in [6.45, 7) is 0. The van der Waals surface area contributed by atoms with Crippen molar-refractivity contribution < 1.29 is 14.1 Å². The third kappa shape index (κ3) is 4.14. The molecular weight excluding hydrogens is 345 g/mol. The van der Waals surface area contributed by atoms with Gasteiger partial charge in [0.1, 0.15) is 5.03 Å². The molecule has 1 aromatic carbocycles. The van der Waals surface area contributed by atoms with Crippen LogP contribution in [0.1, 0.15) is 36.0 Å². The number of aromatic nitrogens is 1. The van der Waals surface area contributed by atoms with Gasteiger partial charge in [-0.15, -0.1) is 11.8 Å². The second-order valence-electron chi connectivity index (χ2n) is 5.76. The average molecular weight is 361 g/mol. The number of hydrogen-bond acceptors (Lipinski definition) is 5. The second-order valence-corrected chi connectivity index (χ2v) is 7.05. The largest absolute Gasteiger partial charge is 0.322 e. The number of halogens is 1. The Hall–Kier alpha value is -2.48. The van der Waals surface area contributed by atoms with Gasteiger partial charge in [0.2, 0.25) is 5.82 Å². The Bertz CT molecular complexity index is 809. The maximum Gasteiger partial charge on any atom is 0.306 e. The van der Waals surface area contributed by atoms with Gasteiger partial charge >= 0.3 is 5.69 Å². The maximum atomic E-state index is 13.4. The zero-order chi connectivity index (χ0) is 17.8. The molecule has 1 fully saturated rings. The van der Waals surface area contributed by atoms with Crippen molar-refractivity contribution in [1.82, 2.24) is 4.98 Å². The number of nitro groups is 1. The van der Waals surface area contributed by atoms with Crippen LogP contribution in [0.15, 0.2) is 41.6 Å². The minimum absolute atomic E-state index is 0.166. The monoisotopic (exact) mass is 361 g/mol. The number of amides is 1. The Balaban J connectivity index is 1.79. The third-order valence-corrected chi connectivity index (χ3v) is 5.35. The summed E-state index contributed by atoms with van der Waals surface area (Å²) < 4.78 is 13.4. The lowest BCUT2D eigenvalue weighted by Gasteiger charge is -2.12. The molecule has 0 saturated heterocycles. The molecule has 0 radical (unpaired) electrons. The quantitative estimate of drug-likeness (QED) is 0.629. The van der Waals surface area contributed by atoms with Crippen molar-refractivity contribution >= 4 is 29.0 Å². The molecule has 1 aliphatic carbocycles. The molecule has 1 heterocycles. The summed E-state index contributed by atoms with van der Waals surface area (Å²) in [5.74, 6) is -1.36. The third-order valence-electron chi connectivity index (χ3n) is 4.00. The highest BCUT2D eigenvalue weighted by molar-refractivity contribution is 7.99. The molecule has 0 unspecified atom stereocenters. The molecule has 1 N–H and O–H groups in total. The molecule has 130 valence electrons. The van der Waals surface area contributed by atoms with Crippen LogP contribution < -0.4 is 5.32 Å². The van der Waals surface area contributed by atoms with Crippen molar-refractivity contribution in [3.8, 4) is 0 Å². The predicted octanol–water partition coefficient (Wildman–Crippen LogP) is 4.42. The van der Waals surface area contributed by atoms with Crippen LogP contribution in [0.3, 0.4) is 0 Å². The summed E-state index contributed by atoms with van der Waals surface area (Å²) in [4.78, 5) is 26.8. The number of carbonyl (C=O) groups excluding carboxylic acids is 1. The molecule has 1 aromatic heterocycles. The fourth-order valence-electron chi connectivity index (χ4n) is 2.75. The van der Waals surface area contributed by atoms with E-state index >= 15 is 0 Å². The van der Waals surface area contributed by atoms with Crippen LogP contribution in [-0.4, -0.2) is 21.1 Å². The summed E-state index contributed by atoms with van der Waals surface area (Å²) in [5.41, 5.74) is -0.102. The van der Waals surface area contributed by atoms with Gasteiger partial charge in [0.15, 0.2) is 0 Å². The Morgan fingerprint density at radius 2 is 2.08 bits per heavy atom. The van der Waals surface area contributed by atoms with Gasteiger partial charge < -0.3 is 5.32 Å². The van der Waals surface area contributed by atoms with Gasteiger partial charge in [-0.3, -0.25) is 14.9 Å². The zero-order valence-electron chi connectivity index (χ0n) is 13.3. The van der Waals surface area contributed by atoms with E-state index in [0.717, 1.165) is 25.0 Å². The number of nitro benzene ring substituents is 1. The molecule has 0 bridgehead atoms. The van der Waals surface area contributed by atoms with Gasteiger partial charge in [-0.2, -0.15) is 4.39 Å². The molecule has 0 spiro atoms. The van der Waals surface area contributed by atoms with E-state index in [-0.39, 0.29) is 5.69 Å². The van der Waals surface area contributed by atoms with E-state index in [2.05, 4.69) is 10.3 Å². The lowest BCUT2D eigenvalue weighted by molar-refractivity contribution is -0.387. The Morgan fingerprint density at radius 3 is 2.80 bits per heavy atom. The van der Waals surface area contributed by atoms with Gasteiger partial charge in [0.25, 0.3) is 5.91 Å². The molecule has 0 aliphatic heterocycles. The highest BCUT2D eigenvalue weighted by atomic mass is 32.2. The van der Waals surface area contributed by atoms with E-state index in [0.29, 0.717) is 15.8 Å². The normalized spacial score (nSPS) is 14.4. The van der Waals surface area contributed by atoms with Crippen molar-refractivity contribution in [2.75, 3.05) is 5.32 Å². The number of benzene rings is 1. The van der Waals surface area contributed by atoms with Crippen molar-refractivity contribution in [2.24, 2.45) is 0 Å². The fourth-order valence-corrected chi connectivity index (χ4v) is 4.04. The lowest BCUT2D eigenvalue weighted by Crippen LogP contribution is -2.14. The number of pyridine rings is 1. The summed E-state index contributed by atoms with van der Waals surface area (Å²) in [7, 11) is 0. The number of nitrogens with zero attached hydrogens (tertiary/aromatic N) is 2.